The van der Waals surface area contributed by atoms with Crippen LogP contribution in [0.2, 0.25) is 5.02 Å². The highest BCUT2D eigenvalue weighted by Crippen LogP contribution is 2.22. The maximum absolute atomic E-state index is 6.27. The second kappa shape index (κ2) is 9.04. The average molecular weight is 395 g/mol. The maximum Gasteiger partial charge on any atom is 0.163 e. The van der Waals surface area contributed by atoms with E-state index in [1.807, 2.05) is 60.7 Å². The molecule has 0 aliphatic carbocycles. The molecular weight excluding hydrogens is 372 g/mol. The van der Waals surface area contributed by atoms with Crippen molar-refractivity contribution in [3.8, 4) is 11.4 Å². The van der Waals surface area contributed by atoms with E-state index in [9.17, 15) is 0 Å². The van der Waals surface area contributed by atoms with E-state index in [-0.39, 0.29) is 6.10 Å². The molecule has 1 unspecified atom stereocenters. The van der Waals surface area contributed by atoms with Gasteiger partial charge in [0.2, 0.25) is 0 Å². The molecule has 0 saturated carbocycles. The van der Waals surface area contributed by atoms with E-state index in [0.717, 1.165) is 53.8 Å². The van der Waals surface area contributed by atoms with Crippen molar-refractivity contribution in [2.24, 2.45) is 0 Å². The Kier molecular flexibility index (Phi) is 6.04. The molecule has 0 radical (unpaired) electrons. The Hall–Kier alpha value is -2.63. The van der Waals surface area contributed by atoms with Crippen molar-refractivity contribution in [2.75, 3.05) is 23.8 Å². The topological polar surface area (TPSA) is 59.1 Å². The van der Waals surface area contributed by atoms with E-state index in [1.54, 1.807) is 0 Å². The highest BCUT2D eigenvalue weighted by Gasteiger charge is 2.16. The summed E-state index contributed by atoms with van der Waals surface area (Å²) >= 11 is 6.27. The first-order chi connectivity index (χ1) is 13.8. The highest BCUT2D eigenvalue weighted by molar-refractivity contribution is 6.31. The summed E-state index contributed by atoms with van der Waals surface area (Å²) in [5, 5.41) is 7.52. The van der Waals surface area contributed by atoms with Gasteiger partial charge in [-0.25, -0.2) is 9.97 Å². The molecule has 6 heteroatoms. The standard InChI is InChI=1S/C22H23ClN4O/c23-19-11-5-4-9-17(19)14-24-20-13-21(25-15-18-10-6-12-28-18)27-22(26-20)16-7-2-1-3-8-16/h1-5,7-9,11,13,18H,6,10,12,14-15H2,(H2,24,25,26,27). The lowest BCUT2D eigenvalue weighted by Crippen LogP contribution is -2.19. The van der Waals surface area contributed by atoms with Gasteiger partial charge in [0.25, 0.3) is 0 Å². The molecule has 1 aliphatic heterocycles. The van der Waals surface area contributed by atoms with Crippen LogP contribution in [0.15, 0.2) is 60.7 Å². The van der Waals surface area contributed by atoms with Crippen LogP contribution in [0, 0.1) is 0 Å². The minimum Gasteiger partial charge on any atom is -0.376 e. The summed E-state index contributed by atoms with van der Waals surface area (Å²) in [6.45, 7) is 2.18. The molecule has 0 spiro atoms. The summed E-state index contributed by atoms with van der Waals surface area (Å²) in [4.78, 5) is 9.38. The summed E-state index contributed by atoms with van der Waals surface area (Å²) < 4.78 is 5.70. The molecule has 0 amide bonds. The molecule has 3 aromatic rings. The lowest BCUT2D eigenvalue weighted by molar-refractivity contribution is 0.120. The third-order valence-corrected chi connectivity index (χ3v) is 5.08. The van der Waals surface area contributed by atoms with Gasteiger partial charge in [-0.2, -0.15) is 0 Å². The zero-order valence-corrected chi connectivity index (χ0v) is 16.3. The Morgan fingerprint density at radius 2 is 1.71 bits per heavy atom. The number of nitrogens with one attached hydrogen (secondary N) is 2. The number of hydrogen-bond acceptors (Lipinski definition) is 5. The predicted molar refractivity (Wildman–Crippen MR) is 114 cm³/mol. The molecular formula is C22H23ClN4O. The number of halogens is 1. The largest absolute Gasteiger partial charge is 0.376 e. The normalized spacial score (nSPS) is 16.1. The van der Waals surface area contributed by atoms with Crippen LogP contribution in [-0.2, 0) is 11.3 Å². The fourth-order valence-corrected chi connectivity index (χ4v) is 3.40. The summed E-state index contributed by atoms with van der Waals surface area (Å²) in [6.07, 6.45) is 2.45. The van der Waals surface area contributed by atoms with Crippen LogP contribution in [0.3, 0.4) is 0 Å². The fraction of sp³-hybridized carbons (Fsp3) is 0.273. The molecule has 4 rings (SSSR count). The van der Waals surface area contributed by atoms with Crippen molar-refractivity contribution >= 4 is 23.2 Å². The SMILES string of the molecule is Clc1ccccc1CNc1cc(NCC2CCCO2)nc(-c2ccccc2)n1. The number of aromatic nitrogens is 2. The maximum atomic E-state index is 6.27. The first-order valence-electron chi connectivity index (χ1n) is 9.55. The van der Waals surface area contributed by atoms with Gasteiger partial charge >= 0.3 is 0 Å². The van der Waals surface area contributed by atoms with Gasteiger partial charge in [-0.1, -0.05) is 60.1 Å². The molecule has 1 aliphatic rings. The fourth-order valence-electron chi connectivity index (χ4n) is 3.20. The molecule has 28 heavy (non-hydrogen) atoms. The van der Waals surface area contributed by atoms with Crippen LogP contribution in [0.4, 0.5) is 11.6 Å². The number of anilines is 2. The minimum absolute atomic E-state index is 0.245. The zero-order valence-electron chi connectivity index (χ0n) is 15.6. The quantitative estimate of drug-likeness (QED) is 0.590. The van der Waals surface area contributed by atoms with Crippen LogP contribution in [0.25, 0.3) is 11.4 Å². The Balaban J connectivity index is 1.55. The predicted octanol–water partition coefficient (Wildman–Crippen LogP) is 5.00. The van der Waals surface area contributed by atoms with Gasteiger partial charge in [0.05, 0.1) is 6.10 Å². The summed E-state index contributed by atoms with van der Waals surface area (Å²) in [7, 11) is 0. The molecule has 2 aromatic carbocycles. The number of benzene rings is 2. The van der Waals surface area contributed by atoms with E-state index in [2.05, 4.69) is 10.6 Å². The highest BCUT2D eigenvalue weighted by atomic mass is 35.5. The lowest BCUT2D eigenvalue weighted by Gasteiger charge is -2.14. The first-order valence-corrected chi connectivity index (χ1v) is 9.93. The van der Waals surface area contributed by atoms with Crippen LogP contribution in [0.5, 0.6) is 0 Å². The Labute approximate surface area is 170 Å². The summed E-state index contributed by atoms with van der Waals surface area (Å²) in [5.74, 6) is 2.22. The van der Waals surface area contributed by atoms with E-state index >= 15 is 0 Å². The molecule has 1 fully saturated rings. The third-order valence-electron chi connectivity index (χ3n) is 4.71. The zero-order chi connectivity index (χ0) is 19.2. The molecule has 2 heterocycles. The Bertz CT molecular complexity index is 913. The summed E-state index contributed by atoms with van der Waals surface area (Å²) in [5.41, 5.74) is 2.00. The van der Waals surface area contributed by atoms with Crippen LogP contribution >= 0.6 is 11.6 Å². The monoisotopic (exact) mass is 394 g/mol. The number of rotatable bonds is 7. The molecule has 1 saturated heterocycles. The number of ether oxygens (including phenoxy) is 1. The van der Waals surface area contributed by atoms with Gasteiger partial charge in [0, 0.05) is 36.3 Å². The third kappa shape index (κ3) is 4.80. The molecule has 1 atom stereocenters. The number of hydrogen-bond donors (Lipinski definition) is 2. The number of nitrogens with zero attached hydrogens (tertiary/aromatic N) is 2. The van der Waals surface area contributed by atoms with Crippen molar-refractivity contribution in [2.45, 2.75) is 25.5 Å². The van der Waals surface area contributed by atoms with Gasteiger partial charge in [-0.15, -0.1) is 0 Å². The van der Waals surface area contributed by atoms with Crippen molar-refractivity contribution < 1.29 is 4.74 Å². The van der Waals surface area contributed by atoms with E-state index in [0.29, 0.717) is 12.4 Å². The van der Waals surface area contributed by atoms with E-state index < -0.39 is 0 Å². The molecule has 5 nitrogen and oxygen atoms in total. The van der Waals surface area contributed by atoms with Crippen molar-refractivity contribution in [3.63, 3.8) is 0 Å². The Morgan fingerprint density at radius 1 is 0.964 bits per heavy atom. The molecule has 1 aromatic heterocycles. The van der Waals surface area contributed by atoms with Crippen LogP contribution in [-0.4, -0.2) is 29.2 Å². The second-order valence-corrected chi connectivity index (χ2v) is 7.20. The summed E-state index contributed by atoms with van der Waals surface area (Å²) in [6, 6.07) is 19.7. The van der Waals surface area contributed by atoms with Crippen molar-refractivity contribution in [3.05, 3.63) is 71.2 Å². The average Bonchev–Trinajstić information content (AvgIpc) is 3.26. The van der Waals surface area contributed by atoms with Crippen LogP contribution in [0.1, 0.15) is 18.4 Å². The molecule has 0 bridgehead atoms. The van der Waals surface area contributed by atoms with Gasteiger partial charge in [-0.05, 0) is 24.5 Å². The second-order valence-electron chi connectivity index (χ2n) is 6.79. The van der Waals surface area contributed by atoms with Gasteiger partial charge in [0.1, 0.15) is 11.6 Å². The minimum atomic E-state index is 0.245. The lowest BCUT2D eigenvalue weighted by atomic mass is 10.2. The molecule has 144 valence electrons. The van der Waals surface area contributed by atoms with Gasteiger partial charge < -0.3 is 15.4 Å². The van der Waals surface area contributed by atoms with E-state index in [4.69, 9.17) is 26.3 Å². The van der Waals surface area contributed by atoms with E-state index in [1.165, 1.54) is 0 Å². The smallest absolute Gasteiger partial charge is 0.163 e. The van der Waals surface area contributed by atoms with Crippen molar-refractivity contribution in [1.82, 2.24) is 9.97 Å². The van der Waals surface area contributed by atoms with Crippen molar-refractivity contribution in [1.29, 1.82) is 0 Å². The van der Waals surface area contributed by atoms with Gasteiger partial charge in [-0.3, -0.25) is 0 Å². The van der Waals surface area contributed by atoms with Gasteiger partial charge in [0.15, 0.2) is 5.82 Å². The Morgan fingerprint density at radius 3 is 2.46 bits per heavy atom. The van der Waals surface area contributed by atoms with Crippen LogP contribution < -0.4 is 10.6 Å². The molecule has 2 N–H and O–H groups in total. The first kappa shape index (κ1) is 18.7.